The second-order valence-electron chi connectivity index (χ2n) is 4.44. The lowest BCUT2D eigenvalue weighted by atomic mass is 10.1. The molecule has 21 heavy (non-hydrogen) atoms. The molecule has 1 N–H and O–H groups in total. The number of fused-ring (bicyclic) bond motifs is 1. The molecule has 0 saturated heterocycles. The Hall–Kier alpha value is -1.85. The molecular formula is C15H10BrClN2O2. The first-order valence-corrected chi connectivity index (χ1v) is 7.29. The molecule has 3 aromatic rings. The Morgan fingerprint density at radius 1 is 1.29 bits per heavy atom. The quantitative estimate of drug-likeness (QED) is 0.683. The number of aromatic nitrogens is 2. The average Bonchev–Trinajstić information content (AvgIpc) is 2.91. The molecule has 1 aromatic heterocycles. The highest BCUT2D eigenvalue weighted by molar-refractivity contribution is 9.10. The van der Waals surface area contributed by atoms with Gasteiger partial charge < -0.3 is 9.72 Å². The van der Waals surface area contributed by atoms with Crippen molar-refractivity contribution >= 4 is 44.5 Å². The van der Waals surface area contributed by atoms with Crippen molar-refractivity contribution in [2.24, 2.45) is 0 Å². The van der Waals surface area contributed by atoms with Crippen LogP contribution in [0.1, 0.15) is 10.4 Å². The van der Waals surface area contributed by atoms with Crippen molar-refractivity contribution in [3.05, 3.63) is 51.5 Å². The zero-order valence-corrected chi connectivity index (χ0v) is 13.3. The third kappa shape index (κ3) is 2.66. The maximum atomic E-state index is 11.4. The van der Waals surface area contributed by atoms with Crippen LogP contribution in [0.5, 0.6) is 0 Å². The summed E-state index contributed by atoms with van der Waals surface area (Å²) in [5.74, 6) is 0.352. The zero-order chi connectivity index (χ0) is 15.0. The topological polar surface area (TPSA) is 55.0 Å². The number of hydrogen-bond acceptors (Lipinski definition) is 3. The Bertz CT molecular complexity index is 828. The van der Waals surface area contributed by atoms with Crippen molar-refractivity contribution in [2.45, 2.75) is 0 Å². The molecule has 0 bridgehead atoms. The highest BCUT2D eigenvalue weighted by Crippen LogP contribution is 2.29. The van der Waals surface area contributed by atoms with E-state index >= 15 is 0 Å². The molecule has 4 nitrogen and oxygen atoms in total. The van der Waals surface area contributed by atoms with Gasteiger partial charge in [-0.05, 0) is 40.2 Å². The minimum absolute atomic E-state index is 0.360. The van der Waals surface area contributed by atoms with Gasteiger partial charge in [0.25, 0.3) is 0 Å². The second kappa shape index (κ2) is 5.50. The molecule has 0 fully saturated rings. The lowest BCUT2D eigenvalue weighted by molar-refractivity contribution is 0.0601. The fourth-order valence-electron chi connectivity index (χ4n) is 2.06. The van der Waals surface area contributed by atoms with E-state index in [1.54, 1.807) is 18.2 Å². The average molecular weight is 366 g/mol. The van der Waals surface area contributed by atoms with Crippen LogP contribution in [-0.4, -0.2) is 23.0 Å². The number of rotatable bonds is 2. The number of imidazole rings is 1. The molecule has 2 aromatic carbocycles. The van der Waals surface area contributed by atoms with E-state index in [0.29, 0.717) is 16.4 Å². The predicted octanol–water partition coefficient (Wildman–Crippen LogP) is 4.43. The molecule has 0 atom stereocenters. The van der Waals surface area contributed by atoms with Gasteiger partial charge in [-0.2, -0.15) is 0 Å². The van der Waals surface area contributed by atoms with E-state index in [1.807, 2.05) is 18.2 Å². The summed E-state index contributed by atoms with van der Waals surface area (Å²) in [6, 6.07) is 10.7. The fourth-order valence-corrected chi connectivity index (χ4v) is 2.96. The minimum Gasteiger partial charge on any atom is -0.465 e. The van der Waals surface area contributed by atoms with Crippen molar-refractivity contribution < 1.29 is 9.53 Å². The Balaban J connectivity index is 2.04. The van der Waals surface area contributed by atoms with Gasteiger partial charge in [0.05, 0.1) is 18.2 Å². The lowest BCUT2D eigenvalue weighted by Crippen LogP contribution is -2.00. The van der Waals surface area contributed by atoms with E-state index in [-0.39, 0.29) is 5.97 Å². The van der Waals surface area contributed by atoms with Gasteiger partial charge in [-0.15, -0.1) is 0 Å². The van der Waals surface area contributed by atoms with Crippen molar-refractivity contribution in [3.63, 3.8) is 0 Å². The number of hydrogen-bond donors (Lipinski definition) is 1. The summed E-state index contributed by atoms with van der Waals surface area (Å²) >= 11 is 9.47. The predicted molar refractivity (Wildman–Crippen MR) is 85.6 cm³/mol. The van der Waals surface area contributed by atoms with Crippen molar-refractivity contribution in [1.82, 2.24) is 9.97 Å². The summed E-state index contributed by atoms with van der Waals surface area (Å²) in [4.78, 5) is 19.2. The smallest absolute Gasteiger partial charge is 0.337 e. The second-order valence-corrected chi connectivity index (χ2v) is 5.73. The third-order valence-corrected chi connectivity index (χ3v) is 3.91. The number of esters is 1. The van der Waals surface area contributed by atoms with Crippen LogP contribution in [0.3, 0.4) is 0 Å². The van der Waals surface area contributed by atoms with Crippen LogP contribution < -0.4 is 0 Å². The molecular weight excluding hydrogens is 356 g/mol. The SMILES string of the molecule is COC(=O)c1ccc(-c2nc3c(Br)cc(Cl)cc3[nH]2)cc1. The first kappa shape index (κ1) is 14.1. The highest BCUT2D eigenvalue weighted by atomic mass is 79.9. The number of halogens is 2. The van der Waals surface area contributed by atoms with Crippen molar-refractivity contribution in [3.8, 4) is 11.4 Å². The number of aromatic amines is 1. The highest BCUT2D eigenvalue weighted by Gasteiger charge is 2.10. The number of carbonyl (C=O) groups excluding carboxylic acids is 1. The Kier molecular flexibility index (Phi) is 3.69. The zero-order valence-electron chi connectivity index (χ0n) is 11.0. The molecule has 0 aliphatic carbocycles. The summed E-state index contributed by atoms with van der Waals surface area (Å²) in [6.07, 6.45) is 0. The molecule has 1 heterocycles. The van der Waals surface area contributed by atoms with Crippen LogP contribution in [0.25, 0.3) is 22.4 Å². The van der Waals surface area contributed by atoms with Gasteiger partial charge in [0.15, 0.2) is 0 Å². The molecule has 3 rings (SSSR count). The molecule has 0 aliphatic rings. The van der Waals surface area contributed by atoms with Crippen LogP contribution >= 0.6 is 27.5 Å². The van der Waals surface area contributed by atoms with E-state index in [9.17, 15) is 4.79 Å². The van der Waals surface area contributed by atoms with Gasteiger partial charge in [-0.1, -0.05) is 23.7 Å². The van der Waals surface area contributed by atoms with Crippen molar-refractivity contribution in [1.29, 1.82) is 0 Å². The molecule has 0 spiro atoms. The van der Waals surface area contributed by atoms with E-state index < -0.39 is 0 Å². The first-order valence-electron chi connectivity index (χ1n) is 6.12. The Labute approximate surface area is 134 Å². The summed E-state index contributed by atoms with van der Waals surface area (Å²) in [5.41, 5.74) is 3.04. The number of ether oxygens (including phenoxy) is 1. The monoisotopic (exact) mass is 364 g/mol. The van der Waals surface area contributed by atoms with Crippen molar-refractivity contribution in [2.75, 3.05) is 7.11 Å². The first-order chi connectivity index (χ1) is 10.1. The van der Waals surface area contributed by atoms with Crippen LogP contribution in [-0.2, 0) is 4.74 Å². The fraction of sp³-hybridized carbons (Fsp3) is 0.0667. The van der Waals surface area contributed by atoms with Gasteiger partial charge in [-0.25, -0.2) is 9.78 Å². The molecule has 0 saturated carbocycles. The molecule has 6 heteroatoms. The van der Waals surface area contributed by atoms with E-state index in [2.05, 4.69) is 30.6 Å². The summed E-state index contributed by atoms with van der Waals surface area (Å²) in [7, 11) is 1.36. The van der Waals surface area contributed by atoms with Gasteiger partial charge in [0, 0.05) is 15.1 Å². The number of nitrogens with one attached hydrogen (secondary N) is 1. The maximum absolute atomic E-state index is 11.4. The summed E-state index contributed by atoms with van der Waals surface area (Å²) in [5, 5.41) is 0.630. The number of benzene rings is 2. The molecule has 0 unspecified atom stereocenters. The van der Waals surface area contributed by atoms with E-state index in [4.69, 9.17) is 11.6 Å². The van der Waals surface area contributed by atoms with Gasteiger partial charge in [0.1, 0.15) is 11.3 Å². The van der Waals surface area contributed by atoms with E-state index in [0.717, 1.165) is 21.1 Å². The normalized spacial score (nSPS) is 10.8. The number of carbonyl (C=O) groups is 1. The Morgan fingerprint density at radius 2 is 2.00 bits per heavy atom. The maximum Gasteiger partial charge on any atom is 0.337 e. The van der Waals surface area contributed by atoms with Crippen LogP contribution in [0.2, 0.25) is 5.02 Å². The van der Waals surface area contributed by atoms with Gasteiger partial charge in [0.2, 0.25) is 0 Å². The molecule has 106 valence electrons. The Morgan fingerprint density at radius 3 is 2.67 bits per heavy atom. The molecule has 0 radical (unpaired) electrons. The lowest BCUT2D eigenvalue weighted by Gasteiger charge is -2.00. The van der Waals surface area contributed by atoms with E-state index in [1.165, 1.54) is 7.11 Å². The van der Waals surface area contributed by atoms with Crippen LogP contribution in [0.15, 0.2) is 40.9 Å². The van der Waals surface area contributed by atoms with Crippen LogP contribution in [0, 0.1) is 0 Å². The largest absolute Gasteiger partial charge is 0.465 e. The molecule has 0 amide bonds. The molecule has 0 aliphatic heterocycles. The van der Waals surface area contributed by atoms with Crippen LogP contribution in [0.4, 0.5) is 0 Å². The number of methoxy groups -OCH3 is 1. The summed E-state index contributed by atoms with van der Waals surface area (Å²) in [6.45, 7) is 0. The van der Waals surface area contributed by atoms with Gasteiger partial charge in [-0.3, -0.25) is 0 Å². The summed E-state index contributed by atoms with van der Waals surface area (Å²) < 4.78 is 5.51. The van der Waals surface area contributed by atoms with Gasteiger partial charge >= 0.3 is 5.97 Å². The minimum atomic E-state index is -0.360. The standard InChI is InChI=1S/C15H10BrClN2O2/c1-21-15(20)9-4-2-8(3-5-9)14-18-12-7-10(17)6-11(16)13(12)19-14/h2-7H,1H3,(H,18,19). The number of nitrogens with zero attached hydrogens (tertiary/aromatic N) is 1. The third-order valence-electron chi connectivity index (χ3n) is 3.08. The number of H-pyrrole nitrogens is 1.